The first kappa shape index (κ1) is 12.9. The molecule has 3 nitrogen and oxygen atoms in total. The number of pyridine rings is 2. The fraction of sp³-hybridized carbons (Fsp3) is 0.125. The summed E-state index contributed by atoms with van der Waals surface area (Å²) in [7, 11) is 0. The van der Waals surface area contributed by atoms with Crippen LogP contribution in [-0.2, 0) is 0 Å². The zero-order valence-electron chi connectivity index (χ0n) is 11.3. The molecule has 4 heteroatoms. The molecule has 0 saturated carbocycles. The minimum atomic E-state index is 0.653. The van der Waals surface area contributed by atoms with Gasteiger partial charge in [-0.15, -0.1) is 0 Å². The van der Waals surface area contributed by atoms with E-state index in [1.54, 1.807) is 0 Å². The van der Waals surface area contributed by atoms with E-state index < -0.39 is 0 Å². The van der Waals surface area contributed by atoms with E-state index in [9.17, 15) is 0 Å². The summed E-state index contributed by atoms with van der Waals surface area (Å²) in [5, 5.41) is 4.93. The molecule has 3 aromatic rings. The van der Waals surface area contributed by atoms with E-state index in [-0.39, 0.29) is 0 Å². The van der Waals surface area contributed by atoms with Gasteiger partial charge in [0.2, 0.25) is 0 Å². The molecule has 1 N–H and O–H groups in total. The Kier molecular flexibility index (Phi) is 3.28. The van der Waals surface area contributed by atoms with Crippen molar-refractivity contribution in [1.82, 2.24) is 9.97 Å². The molecule has 0 aliphatic carbocycles. The number of rotatable bonds is 2. The number of hydrogen-bond donors (Lipinski definition) is 1. The summed E-state index contributed by atoms with van der Waals surface area (Å²) >= 11 is 6.18. The maximum atomic E-state index is 6.18. The van der Waals surface area contributed by atoms with Gasteiger partial charge in [0.15, 0.2) is 0 Å². The van der Waals surface area contributed by atoms with Gasteiger partial charge in [0.25, 0.3) is 0 Å². The van der Waals surface area contributed by atoms with E-state index in [1.807, 2.05) is 56.3 Å². The predicted molar refractivity (Wildman–Crippen MR) is 83.7 cm³/mol. The highest BCUT2D eigenvalue weighted by molar-refractivity contribution is 6.35. The summed E-state index contributed by atoms with van der Waals surface area (Å²) in [5.41, 5.74) is 2.85. The molecule has 0 bridgehead atoms. The minimum absolute atomic E-state index is 0.653. The van der Waals surface area contributed by atoms with Gasteiger partial charge >= 0.3 is 0 Å². The summed E-state index contributed by atoms with van der Waals surface area (Å²) in [6, 6.07) is 13.7. The summed E-state index contributed by atoms with van der Waals surface area (Å²) < 4.78 is 0. The second-order valence-electron chi connectivity index (χ2n) is 4.75. The smallest absolute Gasteiger partial charge is 0.134 e. The Morgan fingerprint density at radius 2 is 1.80 bits per heavy atom. The summed E-state index contributed by atoms with van der Waals surface area (Å²) in [4.78, 5) is 9.04. The SMILES string of the molecule is Cc1ccc(C)c(Nc2ccc3cccc(Cl)c3n2)n1. The third-order valence-corrected chi connectivity index (χ3v) is 3.46. The average molecular weight is 284 g/mol. The van der Waals surface area contributed by atoms with Gasteiger partial charge in [0, 0.05) is 11.1 Å². The molecule has 0 aliphatic rings. The lowest BCUT2D eigenvalue weighted by Gasteiger charge is -2.09. The quantitative estimate of drug-likeness (QED) is 0.744. The molecule has 0 spiro atoms. The van der Waals surface area contributed by atoms with Gasteiger partial charge in [0.05, 0.1) is 10.5 Å². The third kappa shape index (κ3) is 2.45. The Labute approximate surface area is 122 Å². The molecule has 2 heterocycles. The molecule has 0 atom stereocenters. The van der Waals surface area contributed by atoms with Crippen molar-refractivity contribution < 1.29 is 0 Å². The molecule has 0 unspecified atom stereocenters. The van der Waals surface area contributed by atoms with E-state index in [4.69, 9.17) is 11.6 Å². The number of anilines is 2. The molecule has 2 aromatic heterocycles. The molecule has 20 heavy (non-hydrogen) atoms. The predicted octanol–water partition coefficient (Wildman–Crippen LogP) is 4.64. The van der Waals surface area contributed by atoms with Gasteiger partial charge in [-0.05, 0) is 43.7 Å². The van der Waals surface area contributed by atoms with Crippen LogP contribution in [0.25, 0.3) is 10.9 Å². The third-order valence-electron chi connectivity index (χ3n) is 3.15. The van der Waals surface area contributed by atoms with Crippen molar-refractivity contribution in [2.24, 2.45) is 0 Å². The number of benzene rings is 1. The lowest BCUT2D eigenvalue weighted by atomic mass is 10.2. The van der Waals surface area contributed by atoms with Gasteiger partial charge in [-0.1, -0.05) is 29.8 Å². The van der Waals surface area contributed by atoms with Crippen LogP contribution in [0.5, 0.6) is 0 Å². The zero-order chi connectivity index (χ0) is 14.1. The Balaban J connectivity index is 2.02. The number of para-hydroxylation sites is 1. The second-order valence-corrected chi connectivity index (χ2v) is 5.16. The van der Waals surface area contributed by atoms with Crippen LogP contribution < -0.4 is 5.32 Å². The first-order valence-corrected chi connectivity index (χ1v) is 6.78. The number of hydrogen-bond acceptors (Lipinski definition) is 3. The fourth-order valence-corrected chi connectivity index (χ4v) is 2.28. The van der Waals surface area contributed by atoms with Crippen molar-refractivity contribution in [3.05, 3.63) is 58.7 Å². The summed E-state index contributed by atoms with van der Waals surface area (Å²) in [6.07, 6.45) is 0. The molecule has 0 saturated heterocycles. The molecule has 3 rings (SSSR count). The Hall–Kier alpha value is -2.13. The van der Waals surface area contributed by atoms with E-state index in [0.29, 0.717) is 5.02 Å². The molecule has 0 amide bonds. The molecule has 0 aliphatic heterocycles. The van der Waals surface area contributed by atoms with Gasteiger partial charge in [0.1, 0.15) is 11.6 Å². The highest BCUT2D eigenvalue weighted by Crippen LogP contribution is 2.24. The van der Waals surface area contributed by atoms with Crippen LogP contribution in [0.1, 0.15) is 11.3 Å². The normalized spacial score (nSPS) is 10.8. The zero-order valence-corrected chi connectivity index (χ0v) is 12.1. The van der Waals surface area contributed by atoms with Gasteiger partial charge in [-0.25, -0.2) is 9.97 Å². The molecule has 0 fully saturated rings. The number of nitrogens with one attached hydrogen (secondary N) is 1. The topological polar surface area (TPSA) is 37.8 Å². The van der Waals surface area contributed by atoms with E-state index in [1.165, 1.54) is 0 Å². The highest BCUT2D eigenvalue weighted by atomic mass is 35.5. The molecule has 0 radical (unpaired) electrons. The lowest BCUT2D eigenvalue weighted by molar-refractivity contribution is 1.16. The van der Waals surface area contributed by atoms with Crippen molar-refractivity contribution in [2.75, 3.05) is 5.32 Å². The average Bonchev–Trinajstić information content (AvgIpc) is 2.44. The van der Waals surface area contributed by atoms with Crippen molar-refractivity contribution >= 4 is 34.1 Å². The lowest BCUT2D eigenvalue weighted by Crippen LogP contribution is -1.99. The number of fused-ring (bicyclic) bond motifs is 1. The number of aryl methyl sites for hydroxylation is 2. The maximum Gasteiger partial charge on any atom is 0.134 e. The summed E-state index contributed by atoms with van der Waals surface area (Å²) in [6.45, 7) is 3.98. The van der Waals surface area contributed by atoms with Crippen molar-refractivity contribution in [2.45, 2.75) is 13.8 Å². The van der Waals surface area contributed by atoms with Crippen LogP contribution in [0.15, 0.2) is 42.5 Å². The maximum absolute atomic E-state index is 6.18. The fourth-order valence-electron chi connectivity index (χ4n) is 2.05. The monoisotopic (exact) mass is 283 g/mol. The van der Waals surface area contributed by atoms with Gasteiger partial charge in [-0.2, -0.15) is 0 Å². The highest BCUT2D eigenvalue weighted by Gasteiger charge is 2.05. The van der Waals surface area contributed by atoms with Crippen molar-refractivity contribution in [3.63, 3.8) is 0 Å². The minimum Gasteiger partial charge on any atom is -0.325 e. The Bertz CT molecular complexity index is 784. The van der Waals surface area contributed by atoms with E-state index in [0.717, 1.165) is 33.8 Å². The first-order chi connectivity index (χ1) is 9.63. The van der Waals surface area contributed by atoms with Gasteiger partial charge in [-0.3, -0.25) is 0 Å². The van der Waals surface area contributed by atoms with Crippen LogP contribution in [0, 0.1) is 13.8 Å². The standard InChI is InChI=1S/C16H14ClN3/c1-10-6-7-11(2)18-16(10)20-14-9-8-12-4-3-5-13(17)15(12)19-14/h3-9H,1-2H3,(H,18,19,20). The van der Waals surface area contributed by atoms with Crippen molar-refractivity contribution in [3.8, 4) is 0 Å². The number of halogens is 1. The van der Waals surface area contributed by atoms with Crippen LogP contribution in [-0.4, -0.2) is 9.97 Å². The second kappa shape index (κ2) is 5.10. The number of nitrogens with zero attached hydrogens (tertiary/aromatic N) is 2. The number of aromatic nitrogens is 2. The largest absolute Gasteiger partial charge is 0.325 e. The molecule has 100 valence electrons. The Morgan fingerprint density at radius 3 is 2.65 bits per heavy atom. The van der Waals surface area contributed by atoms with E-state index >= 15 is 0 Å². The van der Waals surface area contributed by atoms with Crippen LogP contribution in [0.4, 0.5) is 11.6 Å². The molecular weight excluding hydrogens is 270 g/mol. The first-order valence-electron chi connectivity index (χ1n) is 6.40. The van der Waals surface area contributed by atoms with Crippen LogP contribution in [0.3, 0.4) is 0 Å². The van der Waals surface area contributed by atoms with Crippen LogP contribution in [0.2, 0.25) is 5.02 Å². The van der Waals surface area contributed by atoms with E-state index in [2.05, 4.69) is 15.3 Å². The summed E-state index contributed by atoms with van der Waals surface area (Å²) in [5.74, 6) is 1.57. The van der Waals surface area contributed by atoms with Crippen LogP contribution >= 0.6 is 11.6 Å². The van der Waals surface area contributed by atoms with Crippen molar-refractivity contribution in [1.29, 1.82) is 0 Å². The Morgan fingerprint density at radius 1 is 0.950 bits per heavy atom. The molecular formula is C16H14ClN3. The van der Waals surface area contributed by atoms with Gasteiger partial charge < -0.3 is 5.32 Å². The molecule has 1 aromatic carbocycles.